The van der Waals surface area contributed by atoms with Gasteiger partial charge in [0.15, 0.2) is 6.10 Å². The molecule has 2 heterocycles. The van der Waals surface area contributed by atoms with Crippen molar-refractivity contribution in [3.63, 3.8) is 0 Å². The lowest BCUT2D eigenvalue weighted by molar-refractivity contribution is -0.124. The predicted molar refractivity (Wildman–Crippen MR) is 126 cm³/mol. The van der Waals surface area contributed by atoms with Crippen LogP contribution in [0.15, 0.2) is 60.7 Å². The zero-order valence-corrected chi connectivity index (χ0v) is 18.8. The van der Waals surface area contributed by atoms with Gasteiger partial charge in [-0.15, -0.1) is 0 Å². The Balaban J connectivity index is 1.50. The fraction of sp³-hybridized carbons (Fsp3) is 0.0833. The summed E-state index contributed by atoms with van der Waals surface area (Å²) in [6.45, 7) is -0.0927. The Labute approximate surface area is 203 Å². The lowest BCUT2D eigenvalue weighted by atomic mass is 10.0. The first-order valence-corrected chi connectivity index (χ1v) is 10.9. The number of nitrogens with zero attached hydrogens (tertiary/aromatic N) is 2. The number of fused-ring (bicyclic) bond motifs is 2. The number of nitrogens with two attached hydrogens (primary N) is 1. The van der Waals surface area contributed by atoms with Crippen LogP contribution in [0.5, 0.6) is 5.75 Å². The monoisotopic (exact) mass is 495 g/mol. The van der Waals surface area contributed by atoms with E-state index in [9.17, 15) is 19.2 Å². The second-order valence-electron chi connectivity index (χ2n) is 7.70. The number of rotatable bonds is 3. The number of benzene rings is 3. The fourth-order valence-corrected chi connectivity index (χ4v) is 4.26. The van der Waals surface area contributed by atoms with Gasteiger partial charge in [-0.2, -0.15) is 0 Å². The summed E-state index contributed by atoms with van der Waals surface area (Å²) >= 11 is 12.0. The van der Waals surface area contributed by atoms with Crippen molar-refractivity contribution >= 4 is 58.2 Å². The number of hydrogen-bond donors (Lipinski definition) is 1. The third-order valence-electron chi connectivity index (χ3n) is 5.63. The SMILES string of the molecule is NC(=O)[C@H]1CN(C(=O)c2ccc3c(c2)C(=O)N(c2ccc(Cl)c(Cl)c2)C3=O)c2ccccc2O1. The van der Waals surface area contributed by atoms with Crippen LogP contribution in [0, 0.1) is 0 Å². The summed E-state index contributed by atoms with van der Waals surface area (Å²) in [6, 6.07) is 15.4. The Morgan fingerprint density at radius 1 is 0.912 bits per heavy atom. The number of carbonyl (C=O) groups excluding carboxylic acids is 4. The van der Waals surface area contributed by atoms with E-state index in [1.807, 2.05) is 0 Å². The molecule has 0 spiro atoms. The maximum atomic E-state index is 13.4. The molecule has 0 aromatic heterocycles. The fourth-order valence-electron chi connectivity index (χ4n) is 3.96. The van der Waals surface area contributed by atoms with Gasteiger partial charge in [0, 0.05) is 5.56 Å². The lowest BCUT2D eigenvalue weighted by Gasteiger charge is -2.33. The molecule has 1 atom stereocenters. The van der Waals surface area contributed by atoms with Gasteiger partial charge in [0.1, 0.15) is 5.75 Å². The van der Waals surface area contributed by atoms with Gasteiger partial charge in [0.2, 0.25) is 0 Å². The van der Waals surface area contributed by atoms with Gasteiger partial charge >= 0.3 is 0 Å². The van der Waals surface area contributed by atoms with Crippen LogP contribution in [0.1, 0.15) is 31.1 Å². The summed E-state index contributed by atoms with van der Waals surface area (Å²) in [5, 5.41) is 0.483. The second-order valence-corrected chi connectivity index (χ2v) is 8.51. The summed E-state index contributed by atoms with van der Waals surface area (Å²) in [7, 11) is 0. The minimum atomic E-state index is -1.03. The summed E-state index contributed by atoms with van der Waals surface area (Å²) in [5.41, 5.74) is 6.54. The number of carbonyl (C=O) groups is 4. The third-order valence-corrected chi connectivity index (χ3v) is 6.37. The molecule has 0 aliphatic carbocycles. The Morgan fingerprint density at radius 3 is 2.38 bits per heavy atom. The Morgan fingerprint density at radius 2 is 1.65 bits per heavy atom. The van der Waals surface area contributed by atoms with E-state index in [0.29, 0.717) is 11.4 Å². The van der Waals surface area contributed by atoms with Crippen LogP contribution in [-0.2, 0) is 4.79 Å². The maximum Gasteiger partial charge on any atom is 0.266 e. The average Bonchev–Trinajstić information content (AvgIpc) is 3.09. The summed E-state index contributed by atoms with van der Waals surface area (Å²) in [5.74, 6) is -1.98. The second kappa shape index (κ2) is 8.16. The average molecular weight is 496 g/mol. The molecule has 0 bridgehead atoms. The minimum absolute atomic E-state index is 0.0786. The Bertz CT molecular complexity index is 1410. The van der Waals surface area contributed by atoms with Gasteiger partial charge in [-0.05, 0) is 48.5 Å². The summed E-state index contributed by atoms with van der Waals surface area (Å²) in [6.07, 6.45) is -1.03. The third kappa shape index (κ3) is 3.48. The number of para-hydroxylation sites is 2. The van der Waals surface area contributed by atoms with Crippen molar-refractivity contribution in [2.75, 3.05) is 16.3 Å². The van der Waals surface area contributed by atoms with Crippen LogP contribution in [0.25, 0.3) is 0 Å². The van der Waals surface area contributed by atoms with E-state index >= 15 is 0 Å². The molecule has 10 heteroatoms. The van der Waals surface area contributed by atoms with E-state index in [-0.39, 0.29) is 39.0 Å². The first-order chi connectivity index (χ1) is 16.3. The number of anilines is 2. The smallest absolute Gasteiger partial charge is 0.266 e. The summed E-state index contributed by atoms with van der Waals surface area (Å²) < 4.78 is 5.60. The van der Waals surface area contributed by atoms with Crippen LogP contribution in [0.4, 0.5) is 11.4 Å². The number of halogens is 2. The van der Waals surface area contributed by atoms with Gasteiger partial charge in [-0.3, -0.25) is 19.2 Å². The summed E-state index contributed by atoms with van der Waals surface area (Å²) in [4.78, 5) is 53.6. The molecule has 0 unspecified atom stereocenters. The van der Waals surface area contributed by atoms with E-state index in [2.05, 4.69) is 0 Å². The van der Waals surface area contributed by atoms with E-state index in [1.165, 1.54) is 41.3 Å². The van der Waals surface area contributed by atoms with Gasteiger partial charge in [-0.25, -0.2) is 4.90 Å². The molecular weight excluding hydrogens is 481 g/mol. The minimum Gasteiger partial charge on any atom is -0.477 e. The van der Waals surface area contributed by atoms with Crippen molar-refractivity contribution < 1.29 is 23.9 Å². The number of ether oxygens (including phenoxy) is 1. The van der Waals surface area contributed by atoms with Crippen LogP contribution in [-0.4, -0.2) is 36.3 Å². The normalized spacial score (nSPS) is 16.7. The number of primary amides is 1. The topological polar surface area (TPSA) is 110 Å². The Kier molecular flexibility index (Phi) is 5.27. The largest absolute Gasteiger partial charge is 0.477 e. The molecule has 0 saturated carbocycles. The van der Waals surface area contributed by atoms with Crippen LogP contribution in [0.2, 0.25) is 10.0 Å². The molecule has 2 aliphatic rings. The van der Waals surface area contributed by atoms with Crippen molar-refractivity contribution in [3.05, 3.63) is 87.4 Å². The van der Waals surface area contributed by atoms with Gasteiger partial charge < -0.3 is 15.4 Å². The molecule has 34 heavy (non-hydrogen) atoms. The molecule has 5 rings (SSSR count). The molecular formula is C24H15Cl2N3O5. The van der Waals surface area contributed by atoms with Crippen molar-refractivity contribution in [3.8, 4) is 5.75 Å². The zero-order valence-electron chi connectivity index (χ0n) is 17.3. The van der Waals surface area contributed by atoms with Gasteiger partial charge in [-0.1, -0.05) is 35.3 Å². The molecule has 0 saturated heterocycles. The van der Waals surface area contributed by atoms with Crippen molar-refractivity contribution in [1.82, 2.24) is 0 Å². The van der Waals surface area contributed by atoms with Crippen molar-refractivity contribution in [1.29, 1.82) is 0 Å². The highest BCUT2D eigenvalue weighted by atomic mass is 35.5. The first-order valence-electron chi connectivity index (χ1n) is 10.1. The number of imide groups is 1. The molecule has 2 N–H and O–H groups in total. The van der Waals surface area contributed by atoms with Crippen molar-refractivity contribution in [2.45, 2.75) is 6.10 Å². The van der Waals surface area contributed by atoms with Crippen LogP contribution in [0.3, 0.4) is 0 Å². The number of hydrogen-bond acceptors (Lipinski definition) is 5. The van der Waals surface area contributed by atoms with Crippen molar-refractivity contribution in [2.24, 2.45) is 5.73 Å². The molecule has 4 amide bonds. The van der Waals surface area contributed by atoms with Crippen LogP contribution >= 0.6 is 23.2 Å². The molecule has 2 aliphatic heterocycles. The first kappa shape index (κ1) is 21.9. The maximum absolute atomic E-state index is 13.4. The molecule has 170 valence electrons. The molecule has 8 nitrogen and oxygen atoms in total. The van der Waals surface area contributed by atoms with Crippen LogP contribution < -0.4 is 20.3 Å². The molecule has 0 radical (unpaired) electrons. The van der Waals surface area contributed by atoms with Gasteiger partial charge in [0.05, 0.1) is 39.1 Å². The molecule has 0 fully saturated rings. The highest BCUT2D eigenvalue weighted by Crippen LogP contribution is 2.36. The van der Waals surface area contributed by atoms with Gasteiger partial charge in [0.25, 0.3) is 23.6 Å². The highest BCUT2D eigenvalue weighted by molar-refractivity contribution is 6.42. The van der Waals surface area contributed by atoms with E-state index in [1.54, 1.807) is 24.3 Å². The quantitative estimate of drug-likeness (QED) is 0.557. The standard InChI is InChI=1S/C24H15Cl2N3O5/c25-16-8-6-13(10-17(16)26)29-23(32)14-7-5-12(9-15(14)24(29)33)22(31)28-11-20(21(27)30)34-19-4-2-1-3-18(19)28/h1-10,20H,11H2,(H2,27,30)/t20-/m1/s1. The van der Waals surface area contributed by atoms with E-state index < -0.39 is 29.7 Å². The molecule has 3 aromatic carbocycles. The van der Waals surface area contributed by atoms with E-state index in [4.69, 9.17) is 33.7 Å². The lowest BCUT2D eigenvalue weighted by Crippen LogP contribution is -2.49. The Hall–Kier alpha value is -3.88. The molecule has 3 aromatic rings. The highest BCUT2D eigenvalue weighted by Gasteiger charge is 2.39. The zero-order chi connectivity index (χ0) is 24.1. The predicted octanol–water partition coefficient (Wildman–Crippen LogP) is 3.69. The van der Waals surface area contributed by atoms with E-state index in [0.717, 1.165) is 4.90 Å². The number of amides is 4.